The number of amides is 1. The summed E-state index contributed by atoms with van der Waals surface area (Å²) in [6.45, 7) is 3.84. The van der Waals surface area contributed by atoms with Gasteiger partial charge < -0.3 is 10.4 Å². The number of aryl methyl sites for hydroxylation is 2. The number of hydrogen-bond acceptors (Lipinski definition) is 4. The fraction of sp³-hybridized carbons (Fsp3) is 0.222. The van der Waals surface area contributed by atoms with E-state index in [0.29, 0.717) is 23.6 Å². The van der Waals surface area contributed by atoms with Gasteiger partial charge in [-0.3, -0.25) is 14.2 Å². The predicted octanol–water partition coefficient (Wildman–Crippen LogP) is 2.37. The van der Waals surface area contributed by atoms with Crippen LogP contribution in [0.1, 0.15) is 37.8 Å². The van der Waals surface area contributed by atoms with Crippen molar-refractivity contribution >= 4 is 17.6 Å². The number of carbonyl (C=O) groups excluding carboxylic acids is 1. The Labute approximate surface area is 154 Å². The highest BCUT2D eigenvalue weighted by Crippen LogP contribution is 2.22. The Balaban J connectivity index is 1.88. The van der Waals surface area contributed by atoms with Gasteiger partial charge in [-0.1, -0.05) is 12.1 Å². The number of nitrogens with one attached hydrogen (secondary N) is 1. The summed E-state index contributed by atoms with van der Waals surface area (Å²) in [5, 5.41) is 20.2. The Morgan fingerprint density at radius 3 is 2.70 bits per heavy atom. The summed E-state index contributed by atoms with van der Waals surface area (Å²) in [6, 6.07) is 6.19. The molecule has 0 bridgehead atoms. The van der Waals surface area contributed by atoms with E-state index in [-0.39, 0.29) is 17.1 Å². The van der Waals surface area contributed by atoms with E-state index in [1.807, 2.05) is 0 Å². The van der Waals surface area contributed by atoms with Crippen LogP contribution in [0.15, 0.2) is 30.5 Å². The number of hydrogen-bond donors (Lipinski definition) is 2. The van der Waals surface area contributed by atoms with Crippen molar-refractivity contribution in [3.8, 4) is 0 Å². The third kappa shape index (κ3) is 3.57. The number of aromatic carboxylic acids is 1. The van der Waals surface area contributed by atoms with Gasteiger partial charge >= 0.3 is 5.97 Å². The summed E-state index contributed by atoms with van der Waals surface area (Å²) in [6.07, 6.45) is 1.13. The van der Waals surface area contributed by atoms with Gasteiger partial charge in [-0.25, -0.2) is 9.18 Å². The number of halogens is 1. The first-order valence-electron chi connectivity index (χ1n) is 8.13. The molecule has 1 aromatic carbocycles. The molecule has 140 valence electrons. The first kappa shape index (κ1) is 18.3. The Kier molecular flexibility index (Phi) is 4.76. The third-order valence-corrected chi connectivity index (χ3v) is 4.23. The van der Waals surface area contributed by atoms with E-state index in [9.17, 15) is 19.1 Å². The third-order valence-electron chi connectivity index (χ3n) is 4.23. The molecule has 0 radical (unpaired) electrons. The number of carboxylic acids is 1. The summed E-state index contributed by atoms with van der Waals surface area (Å²) in [5.41, 5.74) is 2.21. The second kappa shape index (κ2) is 7.02. The van der Waals surface area contributed by atoms with Crippen molar-refractivity contribution in [2.24, 2.45) is 7.05 Å². The van der Waals surface area contributed by atoms with Gasteiger partial charge in [-0.15, -0.1) is 0 Å². The van der Waals surface area contributed by atoms with Crippen molar-refractivity contribution < 1.29 is 19.1 Å². The van der Waals surface area contributed by atoms with E-state index >= 15 is 0 Å². The lowest BCUT2D eigenvalue weighted by Crippen LogP contribution is -2.20. The molecule has 0 saturated carbocycles. The summed E-state index contributed by atoms with van der Waals surface area (Å²) < 4.78 is 16.2. The number of aromatic nitrogens is 4. The molecule has 8 nitrogen and oxygen atoms in total. The Morgan fingerprint density at radius 1 is 1.30 bits per heavy atom. The number of benzene rings is 1. The maximum Gasteiger partial charge on any atom is 0.339 e. The monoisotopic (exact) mass is 371 g/mol. The zero-order chi connectivity index (χ0) is 19.7. The van der Waals surface area contributed by atoms with E-state index < -0.39 is 11.9 Å². The number of carboxylic acid groups (broad SMARTS) is 1. The van der Waals surface area contributed by atoms with Crippen LogP contribution in [-0.2, 0) is 13.6 Å². The van der Waals surface area contributed by atoms with Crippen molar-refractivity contribution in [2.75, 3.05) is 5.32 Å². The lowest BCUT2D eigenvalue weighted by molar-refractivity contribution is 0.0692. The second-order valence-electron chi connectivity index (χ2n) is 6.12. The van der Waals surface area contributed by atoms with Crippen molar-refractivity contribution in [3.63, 3.8) is 0 Å². The highest BCUT2D eigenvalue weighted by Gasteiger charge is 2.23. The van der Waals surface area contributed by atoms with E-state index in [2.05, 4.69) is 15.5 Å². The number of anilines is 1. The second-order valence-corrected chi connectivity index (χ2v) is 6.12. The molecule has 2 N–H and O–H groups in total. The minimum absolute atomic E-state index is 0.0563. The molecule has 27 heavy (non-hydrogen) atoms. The number of nitrogens with zero attached hydrogens (tertiary/aromatic N) is 4. The summed E-state index contributed by atoms with van der Waals surface area (Å²) >= 11 is 0. The van der Waals surface area contributed by atoms with Gasteiger partial charge in [0.05, 0.1) is 29.8 Å². The van der Waals surface area contributed by atoms with Crippen molar-refractivity contribution in [1.29, 1.82) is 0 Å². The van der Waals surface area contributed by atoms with Gasteiger partial charge in [0.25, 0.3) is 5.91 Å². The van der Waals surface area contributed by atoms with Crippen LogP contribution in [0.5, 0.6) is 0 Å². The van der Waals surface area contributed by atoms with Crippen LogP contribution in [0.3, 0.4) is 0 Å². The predicted molar refractivity (Wildman–Crippen MR) is 95.3 cm³/mol. The molecule has 2 heterocycles. The number of rotatable bonds is 5. The molecule has 0 atom stereocenters. The van der Waals surface area contributed by atoms with Gasteiger partial charge in [-0.05, 0) is 31.5 Å². The largest absolute Gasteiger partial charge is 0.478 e. The van der Waals surface area contributed by atoms with Gasteiger partial charge in [0.1, 0.15) is 17.1 Å². The fourth-order valence-corrected chi connectivity index (χ4v) is 2.88. The zero-order valence-electron chi connectivity index (χ0n) is 15.0. The minimum Gasteiger partial charge on any atom is -0.478 e. The normalized spacial score (nSPS) is 10.8. The molecule has 3 aromatic rings. The van der Waals surface area contributed by atoms with Crippen LogP contribution in [0.4, 0.5) is 10.1 Å². The maximum atomic E-state index is 13.4. The van der Waals surface area contributed by atoms with Gasteiger partial charge in [0, 0.05) is 7.05 Å². The van der Waals surface area contributed by atoms with Gasteiger partial charge in [0.15, 0.2) is 0 Å². The van der Waals surface area contributed by atoms with E-state index in [4.69, 9.17) is 0 Å². The molecule has 0 aliphatic rings. The average Bonchev–Trinajstić information content (AvgIpc) is 3.10. The molecule has 0 unspecified atom stereocenters. The maximum absolute atomic E-state index is 13.4. The van der Waals surface area contributed by atoms with E-state index in [1.54, 1.807) is 30.7 Å². The smallest absolute Gasteiger partial charge is 0.339 e. The molecule has 1 amide bonds. The van der Waals surface area contributed by atoms with Crippen molar-refractivity contribution in [1.82, 2.24) is 19.6 Å². The van der Waals surface area contributed by atoms with Crippen LogP contribution in [-0.4, -0.2) is 36.5 Å². The summed E-state index contributed by atoms with van der Waals surface area (Å²) in [7, 11) is 1.49. The molecule has 2 aromatic heterocycles. The first-order valence-corrected chi connectivity index (χ1v) is 8.13. The Bertz CT molecular complexity index is 1040. The van der Waals surface area contributed by atoms with Crippen LogP contribution in [0.25, 0.3) is 0 Å². The van der Waals surface area contributed by atoms with E-state index in [0.717, 1.165) is 11.8 Å². The lowest BCUT2D eigenvalue weighted by atomic mass is 10.2. The number of carbonyl (C=O) groups is 2. The molecule has 0 aliphatic heterocycles. The standard InChI is InChI=1S/C18H18FN5O3/c1-10-15(21-17(25)16-14(18(26)27)8-20-23(16)3)11(2)24(22-10)9-12-5-4-6-13(19)7-12/h4-8H,9H2,1-3H3,(H,21,25)(H,26,27). The van der Waals surface area contributed by atoms with Crippen LogP contribution < -0.4 is 5.32 Å². The molecule has 0 spiro atoms. The molecular formula is C18H18FN5O3. The SMILES string of the molecule is Cc1nn(Cc2cccc(F)c2)c(C)c1NC(=O)c1c(C(=O)O)cnn1C. The van der Waals surface area contributed by atoms with Crippen LogP contribution >= 0.6 is 0 Å². The van der Waals surface area contributed by atoms with Crippen LogP contribution in [0.2, 0.25) is 0 Å². The molecule has 9 heteroatoms. The highest BCUT2D eigenvalue weighted by molar-refractivity contribution is 6.09. The molecule has 3 rings (SSSR count). The fourth-order valence-electron chi connectivity index (χ4n) is 2.88. The minimum atomic E-state index is -1.23. The Hall–Kier alpha value is -3.49. The van der Waals surface area contributed by atoms with Crippen LogP contribution in [0, 0.1) is 19.7 Å². The first-order chi connectivity index (χ1) is 12.8. The summed E-state index contributed by atoms with van der Waals surface area (Å²) in [4.78, 5) is 23.9. The van der Waals surface area contributed by atoms with E-state index in [1.165, 1.54) is 23.9 Å². The van der Waals surface area contributed by atoms with Crippen molar-refractivity contribution in [2.45, 2.75) is 20.4 Å². The topological polar surface area (TPSA) is 102 Å². The highest BCUT2D eigenvalue weighted by atomic mass is 19.1. The van der Waals surface area contributed by atoms with Crippen molar-refractivity contribution in [3.05, 3.63) is 64.5 Å². The Morgan fingerprint density at radius 2 is 2.04 bits per heavy atom. The molecule has 0 aliphatic carbocycles. The average molecular weight is 371 g/mol. The van der Waals surface area contributed by atoms with Gasteiger partial charge in [-0.2, -0.15) is 10.2 Å². The molecule has 0 saturated heterocycles. The molecule has 0 fully saturated rings. The zero-order valence-corrected chi connectivity index (χ0v) is 15.0. The van der Waals surface area contributed by atoms with Gasteiger partial charge in [0.2, 0.25) is 0 Å². The molecular weight excluding hydrogens is 353 g/mol. The lowest BCUT2D eigenvalue weighted by Gasteiger charge is -2.08. The quantitative estimate of drug-likeness (QED) is 0.717. The summed E-state index contributed by atoms with van der Waals surface area (Å²) in [5.74, 6) is -2.16.